The average molecular weight is 372 g/mol. The molecule has 0 saturated carbocycles. The summed E-state index contributed by atoms with van der Waals surface area (Å²) in [6.45, 7) is 6.34. The predicted molar refractivity (Wildman–Crippen MR) is 110 cm³/mol. The van der Waals surface area contributed by atoms with Crippen molar-refractivity contribution in [3.05, 3.63) is 106 Å². The molecule has 6 heteroatoms. The second-order valence-corrected chi connectivity index (χ2v) is 6.69. The van der Waals surface area contributed by atoms with E-state index in [0.717, 1.165) is 5.56 Å². The number of allylic oxidation sites excluding steroid dienone is 1. The number of aromatic nitrogens is 4. The highest BCUT2D eigenvalue weighted by Crippen LogP contribution is 2.15. The average Bonchev–Trinajstić information content (AvgIpc) is 3.11. The van der Waals surface area contributed by atoms with Crippen LogP contribution in [0.3, 0.4) is 0 Å². The molecule has 140 valence electrons. The van der Waals surface area contributed by atoms with Gasteiger partial charge in [-0.05, 0) is 24.6 Å². The summed E-state index contributed by atoms with van der Waals surface area (Å²) in [4.78, 5) is 30.5. The first-order chi connectivity index (χ1) is 13.6. The van der Waals surface area contributed by atoms with Crippen molar-refractivity contribution in [3.63, 3.8) is 0 Å². The van der Waals surface area contributed by atoms with Crippen molar-refractivity contribution in [2.75, 3.05) is 0 Å². The first kappa shape index (κ1) is 17.7. The molecule has 0 amide bonds. The van der Waals surface area contributed by atoms with Gasteiger partial charge in [0.15, 0.2) is 11.2 Å². The summed E-state index contributed by atoms with van der Waals surface area (Å²) in [7, 11) is 0. The lowest BCUT2D eigenvalue weighted by molar-refractivity contribution is 0.690. The molecule has 0 aliphatic heterocycles. The van der Waals surface area contributed by atoms with E-state index in [1.54, 1.807) is 17.0 Å². The van der Waals surface area contributed by atoms with Crippen LogP contribution in [0.15, 0.2) is 83.2 Å². The fraction of sp³-hybridized carbons (Fsp3) is 0.136. The zero-order valence-corrected chi connectivity index (χ0v) is 15.6. The van der Waals surface area contributed by atoms with Gasteiger partial charge in [-0.15, -0.1) is 6.58 Å². The van der Waals surface area contributed by atoms with Crippen LogP contribution in [-0.4, -0.2) is 18.7 Å². The fourth-order valence-corrected chi connectivity index (χ4v) is 3.29. The molecular formula is C22H20N4O2. The maximum Gasteiger partial charge on any atom is 0.337 e. The molecule has 28 heavy (non-hydrogen) atoms. The number of aryl methyl sites for hydroxylation is 1. The molecule has 0 N–H and O–H groups in total. The maximum atomic E-state index is 13.1. The van der Waals surface area contributed by atoms with Gasteiger partial charge in [-0.1, -0.05) is 54.1 Å². The van der Waals surface area contributed by atoms with Crippen molar-refractivity contribution in [2.24, 2.45) is 0 Å². The van der Waals surface area contributed by atoms with Gasteiger partial charge in [-0.3, -0.25) is 9.36 Å². The SMILES string of the molecule is C=CCn1c(=O)c2c(ncn2Cc2ccc(C)cc2)n(-c2ccccc2)c1=O. The third kappa shape index (κ3) is 2.99. The molecule has 0 atom stereocenters. The van der Waals surface area contributed by atoms with Gasteiger partial charge in [0.2, 0.25) is 0 Å². The minimum Gasteiger partial charge on any atom is -0.320 e. The standard InChI is InChI=1S/C22H20N4O2/c1-3-13-25-21(27)19-20(26(22(25)28)18-7-5-4-6-8-18)23-15-24(19)14-17-11-9-16(2)10-12-17/h3-12,15H,1,13-14H2,2H3. The number of hydrogen-bond donors (Lipinski definition) is 0. The number of imidazole rings is 1. The summed E-state index contributed by atoms with van der Waals surface area (Å²) in [5.41, 5.74) is 2.85. The quantitative estimate of drug-likeness (QED) is 0.506. The summed E-state index contributed by atoms with van der Waals surface area (Å²) in [5, 5.41) is 0. The normalized spacial score (nSPS) is 11.0. The summed E-state index contributed by atoms with van der Waals surface area (Å²) >= 11 is 0. The van der Waals surface area contributed by atoms with Crippen molar-refractivity contribution in [1.82, 2.24) is 18.7 Å². The second-order valence-electron chi connectivity index (χ2n) is 6.69. The molecule has 0 saturated heterocycles. The zero-order chi connectivity index (χ0) is 19.7. The topological polar surface area (TPSA) is 61.8 Å². The van der Waals surface area contributed by atoms with E-state index < -0.39 is 5.69 Å². The summed E-state index contributed by atoms with van der Waals surface area (Å²) in [6.07, 6.45) is 3.16. The third-order valence-electron chi connectivity index (χ3n) is 4.70. The lowest BCUT2D eigenvalue weighted by atomic mass is 10.1. The molecule has 0 fully saturated rings. The minimum absolute atomic E-state index is 0.135. The first-order valence-corrected chi connectivity index (χ1v) is 9.02. The number of para-hydroxylation sites is 1. The molecule has 0 aliphatic carbocycles. The van der Waals surface area contributed by atoms with Crippen LogP contribution in [0.25, 0.3) is 16.9 Å². The Bertz CT molecular complexity index is 1260. The van der Waals surface area contributed by atoms with E-state index in [1.807, 2.05) is 61.5 Å². The van der Waals surface area contributed by atoms with Gasteiger partial charge >= 0.3 is 5.69 Å². The van der Waals surface area contributed by atoms with E-state index >= 15 is 0 Å². The summed E-state index contributed by atoms with van der Waals surface area (Å²) in [5.74, 6) is 0. The highest BCUT2D eigenvalue weighted by molar-refractivity contribution is 5.72. The Morgan fingerprint density at radius 3 is 2.43 bits per heavy atom. The zero-order valence-electron chi connectivity index (χ0n) is 15.6. The van der Waals surface area contributed by atoms with Crippen molar-refractivity contribution in [1.29, 1.82) is 0 Å². The number of benzene rings is 2. The number of rotatable bonds is 5. The number of hydrogen-bond acceptors (Lipinski definition) is 3. The van der Waals surface area contributed by atoms with Crippen LogP contribution in [0.1, 0.15) is 11.1 Å². The Labute approximate surface area is 161 Å². The van der Waals surface area contributed by atoms with E-state index in [-0.39, 0.29) is 12.1 Å². The summed E-state index contributed by atoms with van der Waals surface area (Å²) in [6, 6.07) is 17.3. The smallest absolute Gasteiger partial charge is 0.320 e. The van der Waals surface area contributed by atoms with Crippen molar-refractivity contribution < 1.29 is 0 Å². The van der Waals surface area contributed by atoms with Gasteiger partial charge in [-0.2, -0.15) is 0 Å². The fourth-order valence-electron chi connectivity index (χ4n) is 3.29. The van der Waals surface area contributed by atoms with Crippen molar-refractivity contribution >= 4 is 11.2 Å². The van der Waals surface area contributed by atoms with E-state index in [1.165, 1.54) is 14.7 Å². The van der Waals surface area contributed by atoms with E-state index in [9.17, 15) is 9.59 Å². The van der Waals surface area contributed by atoms with Gasteiger partial charge in [0, 0.05) is 13.1 Å². The minimum atomic E-state index is -0.427. The first-order valence-electron chi connectivity index (χ1n) is 9.02. The molecule has 0 spiro atoms. The highest BCUT2D eigenvalue weighted by atomic mass is 16.2. The van der Waals surface area contributed by atoms with Crippen LogP contribution in [0.5, 0.6) is 0 Å². The third-order valence-corrected chi connectivity index (χ3v) is 4.70. The van der Waals surface area contributed by atoms with Crippen LogP contribution in [0.4, 0.5) is 0 Å². The van der Waals surface area contributed by atoms with Crippen LogP contribution in [-0.2, 0) is 13.1 Å². The Morgan fingerprint density at radius 1 is 1.04 bits per heavy atom. The Morgan fingerprint density at radius 2 is 1.75 bits per heavy atom. The van der Waals surface area contributed by atoms with E-state index in [0.29, 0.717) is 23.4 Å². The maximum absolute atomic E-state index is 13.1. The molecule has 4 aromatic rings. The van der Waals surface area contributed by atoms with Crippen LogP contribution >= 0.6 is 0 Å². The molecular weight excluding hydrogens is 352 g/mol. The molecule has 2 aromatic heterocycles. The Kier molecular flexibility index (Phi) is 4.53. The molecule has 4 rings (SSSR count). The molecule has 2 heterocycles. The predicted octanol–water partition coefficient (Wildman–Crippen LogP) is 2.89. The largest absolute Gasteiger partial charge is 0.337 e. The van der Waals surface area contributed by atoms with Crippen molar-refractivity contribution in [2.45, 2.75) is 20.0 Å². The molecule has 0 bridgehead atoms. The van der Waals surface area contributed by atoms with Crippen LogP contribution < -0.4 is 11.2 Å². The van der Waals surface area contributed by atoms with Gasteiger partial charge in [0.05, 0.1) is 12.0 Å². The van der Waals surface area contributed by atoms with Gasteiger partial charge in [-0.25, -0.2) is 14.3 Å². The lowest BCUT2D eigenvalue weighted by Gasteiger charge is -2.12. The molecule has 0 unspecified atom stereocenters. The van der Waals surface area contributed by atoms with E-state index in [2.05, 4.69) is 11.6 Å². The molecule has 6 nitrogen and oxygen atoms in total. The number of fused-ring (bicyclic) bond motifs is 1. The van der Waals surface area contributed by atoms with Crippen LogP contribution in [0, 0.1) is 6.92 Å². The summed E-state index contributed by atoms with van der Waals surface area (Å²) < 4.78 is 4.46. The monoisotopic (exact) mass is 372 g/mol. The van der Waals surface area contributed by atoms with Gasteiger partial charge in [0.25, 0.3) is 5.56 Å². The van der Waals surface area contributed by atoms with Crippen LogP contribution in [0.2, 0.25) is 0 Å². The molecule has 2 aromatic carbocycles. The van der Waals surface area contributed by atoms with E-state index in [4.69, 9.17) is 0 Å². The highest BCUT2D eigenvalue weighted by Gasteiger charge is 2.18. The number of nitrogens with zero attached hydrogens (tertiary/aromatic N) is 4. The molecule has 0 aliphatic rings. The van der Waals surface area contributed by atoms with Crippen molar-refractivity contribution in [3.8, 4) is 5.69 Å². The second kappa shape index (κ2) is 7.15. The Hall–Kier alpha value is -3.67. The lowest BCUT2D eigenvalue weighted by Crippen LogP contribution is -2.39. The molecule has 0 radical (unpaired) electrons. The van der Waals surface area contributed by atoms with Gasteiger partial charge < -0.3 is 4.57 Å². The van der Waals surface area contributed by atoms with Gasteiger partial charge in [0.1, 0.15) is 0 Å². The Balaban J connectivity index is 1.99.